The zero-order valence-corrected chi connectivity index (χ0v) is 18.3. The maximum Gasteiger partial charge on any atom is 0.142 e. The predicted molar refractivity (Wildman–Crippen MR) is 120 cm³/mol. The van der Waals surface area contributed by atoms with Crippen LogP contribution in [-0.4, -0.2) is 29.2 Å². The molecule has 3 nitrogen and oxygen atoms in total. The van der Waals surface area contributed by atoms with Crippen molar-refractivity contribution < 1.29 is 4.52 Å². The van der Waals surface area contributed by atoms with E-state index >= 15 is 0 Å². The van der Waals surface area contributed by atoms with Crippen molar-refractivity contribution in [3.05, 3.63) is 76.5 Å². The number of aryl methyl sites for hydroxylation is 1. The average Bonchev–Trinajstić information content (AvgIpc) is 3.26. The first kappa shape index (κ1) is 20.5. The molecule has 0 spiro atoms. The Labute approximate surface area is 183 Å². The van der Waals surface area contributed by atoms with E-state index in [1.807, 2.05) is 24.3 Å². The third-order valence-corrected chi connectivity index (χ3v) is 7.02. The van der Waals surface area contributed by atoms with Crippen LogP contribution in [0.5, 0.6) is 0 Å². The molecule has 3 heterocycles. The highest BCUT2D eigenvalue weighted by molar-refractivity contribution is 6.30. The summed E-state index contributed by atoms with van der Waals surface area (Å²) in [7, 11) is 2.27. The van der Waals surface area contributed by atoms with Crippen LogP contribution in [0.25, 0.3) is 11.3 Å². The summed E-state index contributed by atoms with van der Waals surface area (Å²) in [5.74, 6) is 1.81. The summed E-state index contributed by atoms with van der Waals surface area (Å²) in [6.45, 7) is 2.15. The van der Waals surface area contributed by atoms with Crippen LogP contribution in [0.1, 0.15) is 48.0 Å². The van der Waals surface area contributed by atoms with E-state index in [4.69, 9.17) is 16.1 Å². The highest BCUT2D eigenvalue weighted by Gasteiger charge is 2.48. The van der Waals surface area contributed by atoms with E-state index in [-0.39, 0.29) is 12.4 Å². The summed E-state index contributed by atoms with van der Waals surface area (Å²) >= 11 is 6.03. The molecule has 0 aliphatic carbocycles. The van der Waals surface area contributed by atoms with E-state index in [0.29, 0.717) is 23.9 Å². The van der Waals surface area contributed by atoms with Gasteiger partial charge < -0.3 is 4.52 Å². The molecule has 2 bridgehead atoms. The largest absolute Gasteiger partial charge is 0.360 e. The van der Waals surface area contributed by atoms with Crippen molar-refractivity contribution >= 4 is 24.0 Å². The van der Waals surface area contributed by atoms with Crippen molar-refractivity contribution in [3.63, 3.8) is 0 Å². The Bertz CT molecular complexity index is 967. The van der Waals surface area contributed by atoms with E-state index in [0.717, 1.165) is 22.0 Å². The Kier molecular flexibility index (Phi) is 5.74. The molecule has 1 aromatic heterocycles. The Morgan fingerprint density at radius 1 is 1.03 bits per heavy atom. The van der Waals surface area contributed by atoms with Gasteiger partial charge in [-0.1, -0.05) is 58.7 Å². The molecule has 0 radical (unpaired) electrons. The number of rotatable bonds is 3. The van der Waals surface area contributed by atoms with Crippen LogP contribution < -0.4 is 0 Å². The fourth-order valence-electron chi connectivity index (χ4n) is 5.21. The molecule has 5 heteroatoms. The van der Waals surface area contributed by atoms with Gasteiger partial charge in [0.1, 0.15) is 11.5 Å². The number of hydrogen-bond donors (Lipinski definition) is 0. The molecule has 152 valence electrons. The molecule has 0 saturated carbocycles. The number of nitrogens with zero attached hydrogens (tertiary/aromatic N) is 2. The first-order chi connectivity index (χ1) is 13.6. The van der Waals surface area contributed by atoms with Crippen LogP contribution in [0.2, 0.25) is 5.02 Å². The Balaban J connectivity index is 0.00000205. The van der Waals surface area contributed by atoms with Gasteiger partial charge in [0, 0.05) is 34.7 Å². The van der Waals surface area contributed by atoms with Crippen LogP contribution in [0.15, 0.2) is 59.1 Å². The molecule has 2 unspecified atom stereocenters. The highest BCUT2D eigenvalue weighted by atomic mass is 35.5. The molecule has 3 aromatic rings. The Morgan fingerprint density at radius 3 is 2.48 bits per heavy atom. The minimum absolute atomic E-state index is 0. The van der Waals surface area contributed by atoms with Crippen molar-refractivity contribution in [1.29, 1.82) is 0 Å². The van der Waals surface area contributed by atoms with Crippen molar-refractivity contribution in [2.24, 2.45) is 0 Å². The fraction of sp³-hybridized carbons (Fsp3) is 0.375. The lowest BCUT2D eigenvalue weighted by Crippen LogP contribution is -2.44. The van der Waals surface area contributed by atoms with Crippen molar-refractivity contribution in [1.82, 2.24) is 10.1 Å². The van der Waals surface area contributed by atoms with E-state index in [2.05, 4.69) is 54.4 Å². The zero-order valence-electron chi connectivity index (χ0n) is 16.7. The van der Waals surface area contributed by atoms with E-state index in [1.54, 1.807) is 0 Å². The summed E-state index contributed by atoms with van der Waals surface area (Å²) in [5, 5.41) is 5.14. The van der Waals surface area contributed by atoms with Crippen molar-refractivity contribution in [3.8, 4) is 11.3 Å². The predicted octanol–water partition coefficient (Wildman–Crippen LogP) is 6.46. The first-order valence-corrected chi connectivity index (χ1v) is 10.5. The fourth-order valence-corrected chi connectivity index (χ4v) is 5.34. The summed E-state index contributed by atoms with van der Waals surface area (Å²) in [6.07, 6.45) is 3.68. The molecule has 5 rings (SSSR count). The minimum Gasteiger partial charge on any atom is -0.360 e. The molecule has 0 N–H and O–H groups in total. The third-order valence-electron chi connectivity index (χ3n) is 6.77. The van der Waals surface area contributed by atoms with Gasteiger partial charge in [0.15, 0.2) is 0 Å². The lowest BCUT2D eigenvalue weighted by Gasteiger charge is -2.42. The smallest absolute Gasteiger partial charge is 0.142 e. The quantitative estimate of drug-likeness (QED) is 0.479. The summed E-state index contributed by atoms with van der Waals surface area (Å²) in [6, 6.07) is 20.2. The highest BCUT2D eigenvalue weighted by Crippen LogP contribution is 2.51. The van der Waals surface area contributed by atoms with Gasteiger partial charge in [-0.05, 0) is 56.8 Å². The normalized spacial score (nSPS) is 26.3. The summed E-state index contributed by atoms with van der Waals surface area (Å²) < 4.78 is 5.95. The second-order valence-corrected chi connectivity index (χ2v) is 8.80. The van der Waals surface area contributed by atoms with E-state index in [9.17, 15) is 0 Å². The molecule has 2 aromatic carbocycles. The number of hydrogen-bond acceptors (Lipinski definition) is 3. The van der Waals surface area contributed by atoms with Crippen molar-refractivity contribution in [2.75, 3.05) is 7.05 Å². The maximum absolute atomic E-state index is 6.03. The van der Waals surface area contributed by atoms with Crippen LogP contribution in [0.4, 0.5) is 0 Å². The third kappa shape index (κ3) is 3.72. The molecule has 2 saturated heterocycles. The number of piperidine rings is 1. The summed E-state index contributed by atoms with van der Waals surface area (Å²) in [5.41, 5.74) is 4.66. The number of likely N-dealkylation sites (N-methyl/N-ethyl adjacent to an activating group) is 1. The minimum atomic E-state index is 0. The molecule has 2 fully saturated rings. The lowest BCUT2D eigenvalue weighted by molar-refractivity contribution is 0.122. The van der Waals surface area contributed by atoms with Crippen LogP contribution >= 0.6 is 24.0 Å². The molecular formula is C24H26Cl2N2O. The van der Waals surface area contributed by atoms with E-state index < -0.39 is 0 Å². The zero-order chi connectivity index (χ0) is 19.3. The monoisotopic (exact) mass is 428 g/mol. The van der Waals surface area contributed by atoms with Gasteiger partial charge in [-0.2, -0.15) is 0 Å². The molecule has 2 aliphatic heterocycles. The van der Waals surface area contributed by atoms with E-state index in [1.165, 1.54) is 30.4 Å². The van der Waals surface area contributed by atoms with Gasteiger partial charge >= 0.3 is 0 Å². The van der Waals surface area contributed by atoms with Crippen molar-refractivity contribution in [2.45, 2.75) is 50.1 Å². The number of aromatic nitrogens is 1. The second kappa shape index (κ2) is 8.14. The molecule has 29 heavy (non-hydrogen) atoms. The van der Waals surface area contributed by atoms with Gasteiger partial charge in [0.25, 0.3) is 0 Å². The topological polar surface area (TPSA) is 29.3 Å². The SMILES string of the molecule is Cc1ccc([C@H]2CC3CCC([C@H]2c2cc(-c4ccc(Cl)cc4)no2)N3C)cc1.Cl. The average molecular weight is 429 g/mol. The number of fused-ring (bicyclic) bond motifs is 2. The van der Waals surface area contributed by atoms with Crippen LogP contribution in [0.3, 0.4) is 0 Å². The second-order valence-electron chi connectivity index (χ2n) is 8.36. The van der Waals surface area contributed by atoms with Crippen LogP contribution in [-0.2, 0) is 0 Å². The lowest BCUT2D eigenvalue weighted by atomic mass is 9.74. The van der Waals surface area contributed by atoms with Gasteiger partial charge in [-0.25, -0.2) is 0 Å². The Hall–Kier alpha value is -1.81. The molecular weight excluding hydrogens is 403 g/mol. The first-order valence-electron chi connectivity index (χ1n) is 10.1. The standard InChI is InChI=1S/C24H25ClN2O.ClH/c1-15-3-5-16(6-4-15)20-13-19-11-12-22(27(19)2)24(20)23-14-21(26-28-23)17-7-9-18(25)10-8-17;/h3-10,14,19-20,22,24H,11-13H2,1-2H3;1H/t19?,20-,22?,24+;/m1./s1. The summed E-state index contributed by atoms with van der Waals surface area (Å²) in [4.78, 5) is 2.57. The molecule has 2 aliphatic rings. The van der Waals surface area contributed by atoms with Gasteiger partial charge in [-0.3, -0.25) is 4.90 Å². The van der Waals surface area contributed by atoms with Gasteiger partial charge in [0.05, 0.1) is 0 Å². The Morgan fingerprint density at radius 2 is 1.76 bits per heavy atom. The molecule has 0 amide bonds. The van der Waals surface area contributed by atoms with Gasteiger partial charge in [-0.15, -0.1) is 12.4 Å². The maximum atomic E-state index is 6.03. The van der Waals surface area contributed by atoms with Gasteiger partial charge in [0.2, 0.25) is 0 Å². The van der Waals surface area contributed by atoms with Crippen LogP contribution in [0, 0.1) is 6.92 Å². The number of halogens is 2. The molecule has 4 atom stereocenters. The number of benzene rings is 2.